The van der Waals surface area contributed by atoms with E-state index in [2.05, 4.69) is 12.2 Å². The third-order valence-electron chi connectivity index (χ3n) is 3.58. The zero-order valence-electron chi connectivity index (χ0n) is 10.6. The molecule has 1 aromatic rings. The number of nitrogens with one attached hydrogen (secondary N) is 1. The first kappa shape index (κ1) is 14.1. The van der Waals surface area contributed by atoms with Gasteiger partial charge in [-0.15, -0.1) is 0 Å². The van der Waals surface area contributed by atoms with Crippen molar-refractivity contribution < 1.29 is 4.74 Å². The van der Waals surface area contributed by atoms with Crippen molar-refractivity contribution in [2.75, 3.05) is 19.8 Å². The van der Waals surface area contributed by atoms with Crippen LogP contribution in [0, 0.1) is 5.41 Å². The van der Waals surface area contributed by atoms with E-state index >= 15 is 0 Å². The van der Waals surface area contributed by atoms with Crippen molar-refractivity contribution in [3.8, 4) is 0 Å². The van der Waals surface area contributed by atoms with Crippen LogP contribution in [0.15, 0.2) is 18.2 Å². The maximum atomic E-state index is 6.14. The van der Waals surface area contributed by atoms with Crippen LogP contribution in [0.4, 0.5) is 0 Å². The van der Waals surface area contributed by atoms with Crippen LogP contribution in [0.2, 0.25) is 10.0 Å². The molecule has 1 fully saturated rings. The fraction of sp³-hybridized carbons (Fsp3) is 0.571. The highest BCUT2D eigenvalue weighted by molar-refractivity contribution is 6.35. The van der Waals surface area contributed by atoms with E-state index in [-0.39, 0.29) is 0 Å². The average molecular weight is 288 g/mol. The van der Waals surface area contributed by atoms with Crippen LogP contribution in [-0.2, 0) is 11.3 Å². The van der Waals surface area contributed by atoms with Gasteiger partial charge in [-0.3, -0.25) is 0 Å². The third-order valence-corrected chi connectivity index (χ3v) is 4.17. The molecule has 0 radical (unpaired) electrons. The van der Waals surface area contributed by atoms with Crippen LogP contribution in [0.1, 0.15) is 25.3 Å². The summed E-state index contributed by atoms with van der Waals surface area (Å²) in [6.07, 6.45) is 2.24. The molecule has 100 valence electrons. The summed E-state index contributed by atoms with van der Waals surface area (Å²) in [5.41, 5.74) is 1.44. The Hall–Kier alpha value is -0.280. The minimum absolute atomic E-state index is 0.344. The molecule has 2 rings (SSSR count). The molecule has 1 aliphatic heterocycles. The molecule has 0 atom stereocenters. The molecule has 1 aromatic carbocycles. The van der Waals surface area contributed by atoms with Gasteiger partial charge in [0, 0.05) is 36.3 Å². The van der Waals surface area contributed by atoms with Crippen LogP contribution in [-0.4, -0.2) is 19.8 Å². The minimum atomic E-state index is 0.344. The van der Waals surface area contributed by atoms with Gasteiger partial charge in [0.2, 0.25) is 0 Å². The van der Waals surface area contributed by atoms with Gasteiger partial charge in [-0.1, -0.05) is 36.2 Å². The van der Waals surface area contributed by atoms with Crippen molar-refractivity contribution in [1.82, 2.24) is 5.32 Å². The normalized spacial score (nSPS) is 18.8. The lowest BCUT2D eigenvalue weighted by Gasteiger charge is -2.33. The maximum absolute atomic E-state index is 6.14. The van der Waals surface area contributed by atoms with Gasteiger partial charge in [0.25, 0.3) is 0 Å². The van der Waals surface area contributed by atoms with E-state index in [1.807, 2.05) is 12.1 Å². The first-order chi connectivity index (χ1) is 8.59. The molecule has 1 heterocycles. The van der Waals surface area contributed by atoms with E-state index in [4.69, 9.17) is 27.9 Å². The van der Waals surface area contributed by atoms with E-state index in [0.29, 0.717) is 10.4 Å². The van der Waals surface area contributed by atoms with Crippen LogP contribution in [0.5, 0.6) is 0 Å². The molecule has 0 aromatic heterocycles. The van der Waals surface area contributed by atoms with Crippen molar-refractivity contribution >= 4 is 23.2 Å². The van der Waals surface area contributed by atoms with E-state index in [9.17, 15) is 0 Å². The molecule has 0 aliphatic carbocycles. The zero-order valence-corrected chi connectivity index (χ0v) is 12.2. The van der Waals surface area contributed by atoms with Gasteiger partial charge in [0.05, 0.1) is 0 Å². The Morgan fingerprint density at radius 3 is 2.67 bits per heavy atom. The molecule has 1 saturated heterocycles. The van der Waals surface area contributed by atoms with Crippen LogP contribution < -0.4 is 5.32 Å². The first-order valence-corrected chi connectivity index (χ1v) is 7.07. The molecular formula is C14H19Cl2NO. The smallest absolute Gasteiger partial charge is 0.0471 e. The van der Waals surface area contributed by atoms with Crippen LogP contribution >= 0.6 is 23.2 Å². The van der Waals surface area contributed by atoms with Gasteiger partial charge in [0.15, 0.2) is 0 Å². The van der Waals surface area contributed by atoms with Gasteiger partial charge in [-0.05, 0) is 36.0 Å². The van der Waals surface area contributed by atoms with Gasteiger partial charge >= 0.3 is 0 Å². The molecule has 0 unspecified atom stereocenters. The van der Waals surface area contributed by atoms with Crippen LogP contribution in [0.25, 0.3) is 0 Å². The molecular weight excluding hydrogens is 269 g/mol. The number of halogens is 2. The SMILES string of the molecule is CC1(CNCc2ccc(Cl)cc2Cl)CCOCC1. The summed E-state index contributed by atoms with van der Waals surface area (Å²) >= 11 is 12.0. The highest BCUT2D eigenvalue weighted by Crippen LogP contribution is 2.29. The number of hydrogen-bond acceptors (Lipinski definition) is 2. The molecule has 4 heteroatoms. The fourth-order valence-corrected chi connectivity index (χ4v) is 2.68. The molecule has 2 nitrogen and oxygen atoms in total. The number of benzene rings is 1. The molecule has 18 heavy (non-hydrogen) atoms. The predicted molar refractivity (Wildman–Crippen MR) is 76.3 cm³/mol. The highest BCUT2D eigenvalue weighted by Gasteiger charge is 2.26. The predicted octanol–water partition coefficient (Wildman–Crippen LogP) is 3.90. The summed E-state index contributed by atoms with van der Waals surface area (Å²) in [5.74, 6) is 0. The van der Waals surface area contributed by atoms with Crippen molar-refractivity contribution in [2.24, 2.45) is 5.41 Å². The topological polar surface area (TPSA) is 21.3 Å². The summed E-state index contributed by atoms with van der Waals surface area (Å²) in [6, 6.07) is 5.64. The zero-order chi connectivity index (χ0) is 13.0. The summed E-state index contributed by atoms with van der Waals surface area (Å²) < 4.78 is 5.40. The molecule has 0 amide bonds. The molecule has 0 bridgehead atoms. The van der Waals surface area contributed by atoms with E-state index < -0.39 is 0 Å². The first-order valence-electron chi connectivity index (χ1n) is 6.31. The van der Waals surface area contributed by atoms with Crippen LogP contribution in [0.3, 0.4) is 0 Å². The van der Waals surface area contributed by atoms with Crippen molar-refractivity contribution in [2.45, 2.75) is 26.3 Å². The quantitative estimate of drug-likeness (QED) is 0.907. The summed E-state index contributed by atoms with van der Waals surface area (Å²) in [4.78, 5) is 0. The number of rotatable bonds is 4. The summed E-state index contributed by atoms with van der Waals surface area (Å²) in [5, 5.41) is 4.90. The minimum Gasteiger partial charge on any atom is -0.381 e. The maximum Gasteiger partial charge on any atom is 0.0471 e. The monoisotopic (exact) mass is 287 g/mol. The standard InChI is InChI=1S/C14H19Cl2NO/c1-14(4-6-18-7-5-14)10-17-9-11-2-3-12(15)8-13(11)16/h2-3,8,17H,4-7,9-10H2,1H3. The Labute approximate surface area is 119 Å². The molecule has 1 N–H and O–H groups in total. The van der Waals surface area contributed by atoms with E-state index in [0.717, 1.165) is 49.7 Å². The molecule has 0 spiro atoms. The fourth-order valence-electron chi connectivity index (χ4n) is 2.20. The molecule has 1 aliphatic rings. The summed E-state index contributed by atoms with van der Waals surface area (Å²) in [7, 11) is 0. The Bertz CT molecular complexity index is 403. The van der Waals surface area contributed by atoms with Gasteiger partial charge in [-0.2, -0.15) is 0 Å². The van der Waals surface area contributed by atoms with Gasteiger partial charge in [0.1, 0.15) is 0 Å². The second-order valence-corrected chi connectivity index (χ2v) is 6.11. The molecule has 0 saturated carbocycles. The van der Waals surface area contributed by atoms with Crippen molar-refractivity contribution in [3.63, 3.8) is 0 Å². The Morgan fingerprint density at radius 2 is 2.00 bits per heavy atom. The average Bonchev–Trinajstić information content (AvgIpc) is 2.33. The van der Waals surface area contributed by atoms with E-state index in [1.54, 1.807) is 6.07 Å². The van der Waals surface area contributed by atoms with Gasteiger partial charge in [-0.25, -0.2) is 0 Å². The second kappa shape index (κ2) is 6.25. The Morgan fingerprint density at radius 1 is 1.28 bits per heavy atom. The van der Waals surface area contributed by atoms with Gasteiger partial charge < -0.3 is 10.1 Å². The van der Waals surface area contributed by atoms with Crippen molar-refractivity contribution in [1.29, 1.82) is 0 Å². The number of hydrogen-bond donors (Lipinski definition) is 1. The second-order valence-electron chi connectivity index (χ2n) is 5.26. The van der Waals surface area contributed by atoms with E-state index in [1.165, 1.54) is 0 Å². The lowest BCUT2D eigenvalue weighted by Crippen LogP contribution is -2.36. The van der Waals surface area contributed by atoms with Crippen molar-refractivity contribution in [3.05, 3.63) is 33.8 Å². The Balaban J connectivity index is 1.84. The number of ether oxygens (including phenoxy) is 1. The third kappa shape index (κ3) is 3.86. The lowest BCUT2D eigenvalue weighted by atomic mass is 9.82. The highest BCUT2D eigenvalue weighted by atomic mass is 35.5. The summed E-state index contributed by atoms with van der Waals surface area (Å²) in [6.45, 7) is 5.84. The lowest BCUT2D eigenvalue weighted by molar-refractivity contribution is 0.0240. The largest absolute Gasteiger partial charge is 0.381 e. The Kier molecular flexibility index (Phi) is 4.91.